The summed E-state index contributed by atoms with van der Waals surface area (Å²) in [7, 11) is 0. The number of ether oxygens (including phenoxy) is 1. The molecule has 1 aromatic heterocycles. The highest BCUT2D eigenvalue weighted by atomic mass is 32.1. The average molecular weight is 520 g/mol. The molecule has 2 aromatic carbocycles. The Bertz CT molecular complexity index is 1260. The van der Waals surface area contributed by atoms with Crippen molar-refractivity contribution in [2.45, 2.75) is 13.8 Å². The van der Waals surface area contributed by atoms with Gasteiger partial charge in [-0.15, -0.1) is 0 Å². The lowest BCUT2D eigenvalue weighted by molar-refractivity contribution is -0.384. The molecule has 1 amide bonds. The second kappa shape index (κ2) is 11.2. The number of thiazole rings is 1. The highest BCUT2D eigenvalue weighted by molar-refractivity contribution is 7.22. The number of carbonyl (C=O) groups is 1. The number of nitro benzene ring substituents is 1. The number of benzene rings is 2. The van der Waals surface area contributed by atoms with E-state index in [1.54, 1.807) is 12.1 Å². The number of aromatic nitrogens is 1. The van der Waals surface area contributed by atoms with E-state index in [9.17, 15) is 23.7 Å². The fourth-order valence-electron chi connectivity index (χ4n) is 4.16. The predicted octanol–water partition coefficient (Wildman–Crippen LogP) is 4.31. The lowest BCUT2D eigenvalue weighted by Gasteiger charge is -2.29. The van der Waals surface area contributed by atoms with Gasteiger partial charge in [0.15, 0.2) is 10.9 Å². The van der Waals surface area contributed by atoms with Crippen molar-refractivity contribution in [3.05, 3.63) is 57.6 Å². The van der Waals surface area contributed by atoms with Gasteiger partial charge in [0.1, 0.15) is 17.0 Å². The second-order valence-corrected chi connectivity index (χ2v) is 9.28. The molecule has 36 heavy (non-hydrogen) atoms. The van der Waals surface area contributed by atoms with E-state index in [0.29, 0.717) is 38.5 Å². The number of halogens is 2. The molecule has 0 unspecified atom stereocenters. The molecule has 0 radical (unpaired) electrons. The van der Waals surface area contributed by atoms with Crippen molar-refractivity contribution in [1.29, 1.82) is 0 Å². The summed E-state index contributed by atoms with van der Waals surface area (Å²) >= 11 is 0.999. The Balaban J connectivity index is 1.72. The predicted molar refractivity (Wildman–Crippen MR) is 135 cm³/mol. The van der Waals surface area contributed by atoms with Crippen LogP contribution in [0.15, 0.2) is 30.3 Å². The summed E-state index contributed by atoms with van der Waals surface area (Å²) in [5.74, 6) is -2.04. The van der Waals surface area contributed by atoms with E-state index in [1.807, 2.05) is 18.7 Å². The minimum atomic E-state index is -0.811. The van der Waals surface area contributed by atoms with Crippen LogP contribution in [0.2, 0.25) is 0 Å². The van der Waals surface area contributed by atoms with Gasteiger partial charge in [-0.3, -0.25) is 19.8 Å². The maximum atomic E-state index is 14.3. The SMILES string of the molecule is CCN(CC)CCN(C(=O)c1ccc(N2CCOCC2)c([N+](=O)[O-])c1)c1nc2c(F)cc(F)cc2s1. The zero-order valence-corrected chi connectivity index (χ0v) is 20.9. The molecule has 0 aliphatic carbocycles. The molecule has 0 bridgehead atoms. The van der Waals surface area contributed by atoms with Crippen molar-refractivity contribution in [3.8, 4) is 0 Å². The zero-order valence-electron chi connectivity index (χ0n) is 20.1. The summed E-state index contributed by atoms with van der Waals surface area (Å²) in [6.45, 7) is 8.21. The average Bonchev–Trinajstić information content (AvgIpc) is 3.30. The van der Waals surface area contributed by atoms with E-state index in [2.05, 4.69) is 9.88 Å². The summed E-state index contributed by atoms with van der Waals surface area (Å²) in [6.07, 6.45) is 0. The third-order valence-corrected chi connectivity index (χ3v) is 7.21. The number of nitro groups is 1. The molecule has 0 saturated carbocycles. The minimum Gasteiger partial charge on any atom is -0.378 e. The van der Waals surface area contributed by atoms with Crippen molar-refractivity contribution >= 4 is 44.0 Å². The van der Waals surface area contributed by atoms with Gasteiger partial charge in [0.2, 0.25) is 0 Å². The first-order chi connectivity index (χ1) is 17.3. The first kappa shape index (κ1) is 25.9. The number of likely N-dealkylation sites (N-methyl/N-ethyl adjacent to an activating group) is 1. The standard InChI is InChI=1S/C24H27F2N5O4S/c1-3-28(4-2)7-8-30(24-27-22-18(26)14-17(25)15-21(22)36-24)23(32)16-5-6-19(20(13-16)31(33)34)29-9-11-35-12-10-29/h5-6,13-15H,3-4,7-12H2,1-2H3. The molecule has 192 valence electrons. The Labute approximate surface area is 211 Å². The molecular formula is C24H27F2N5O4S. The lowest BCUT2D eigenvalue weighted by Crippen LogP contribution is -2.39. The molecule has 0 atom stereocenters. The van der Waals surface area contributed by atoms with Crippen LogP contribution in [-0.4, -0.2) is 73.2 Å². The van der Waals surface area contributed by atoms with Gasteiger partial charge in [0.25, 0.3) is 11.6 Å². The number of carbonyl (C=O) groups excluding carboxylic acids is 1. The monoisotopic (exact) mass is 519 g/mol. The number of morpholine rings is 1. The van der Waals surface area contributed by atoms with Crippen LogP contribution in [0.5, 0.6) is 0 Å². The summed E-state index contributed by atoms with van der Waals surface area (Å²) in [6, 6.07) is 6.33. The Morgan fingerprint density at radius 1 is 1.17 bits per heavy atom. The molecule has 9 nitrogen and oxygen atoms in total. The molecule has 4 rings (SSSR count). The fourth-order valence-corrected chi connectivity index (χ4v) is 5.19. The normalized spacial score (nSPS) is 14.0. The quantitative estimate of drug-likeness (QED) is 0.307. The van der Waals surface area contributed by atoms with Crippen LogP contribution in [0, 0.1) is 21.7 Å². The van der Waals surface area contributed by atoms with Gasteiger partial charge in [-0.25, -0.2) is 13.8 Å². The molecule has 1 saturated heterocycles. The van der Waals surface area contributed by atoms with Gasteiger partial charge in [-0.2, -0.15) is 0 Å². The highest BCUT2D eigenvalue weighted by Gasteiger charge is 2.27. The third-order valence-electron chi connectivity index (χ3n) is 6.18. The Hall–Kier alpha value is -3.22. The number of fused-ring (bicyclic) bond motifs is 1. The second-order valence-electron chi connectivity index (χ2n) is 8.27. The van der Waals surface area contributed by atoms with Crippen molar-refractivity contribution in [2.24, 2.45) is 0 Å². The van der Waals surface area contributed by atoms with Gasteiger partial charge in [-0.1, -0.05) is 25.2 Å². The van der Waals surface area contributed by atoms with Crippen LogP contribution in [-0.2, 0) is 4.74 Å². The molecule has 1 aliphatic heterocycles. The van der Waals surface area contributed by atoms with Crippen molar-refractivity contribution < 1.29 is 23.2 Å². The van der Waals surface area contributed by atoms with E-state index in [1.165, 1.54) is 17.0 Å². The van der Waals surface area contributed by atoms with Crippen LogP contribution in [0.3, 0.4) is 0 Å². The molecular weight excluding hydrogens is 492 g/mol. The summed E-state index contributed by atoms with van der Waals surface area (Å²) in [4.78, 5) is 34.7. The van der Waals surface area contributed by atoms with Crippen LogP contribution >= 0.6 is 11.3 Å². The number of amides is 1. The third kappa shape index (κ3) is 5.45. The van der Waals surface area contributed by atoms with Gasteiger partial charge in [-0.05, 0) is 31.3 Å². The van der Waals surface area contributed by atoms with Crippen LogP contribution in [0.1, 0.15) is 24.2 Å². The summed E-state index contributed by atoms with van der Waals surface area (Å²) < 4.78 is 33.7. The lowest BCUT2D eigenvalue weighted by atomic mass is 10.1. The van der Waals surface area contributed by atoms with Crippen molar-refractivity contribution in [1.82, 2.24) is 9.88 Å². The zero-order chi connectivity index (χ0) is 25.8. The Kier molecular flexibility index (Phi) is 8.07. The maximum absolute atomic E-state index is 14.3. The van der Waals surface area contributed by atoms with Gasteiger partial charge < -0.3 is 14.5 Å². The molecule has 0 spiro atoms. The maximum Gasteiger partial charge on any atom is 0.293 e. The van der Waals surface area contributed by atoms with E-state index in [-0.39, 0.29) is 33.1 Å². The first-order valence-corrected chi connectivity index (χ1v) is 12.5. The molecule has 12 heteroatoms. The number of anilines is 2. The number of rotatable bonds is 9. The van der Waals surface area contributed by atoms with E-state index in [0.717, 1.165) is 30.5 Å². The van der Waals surface area contributed by atoms with E-state index in [4.69, 9.17) is 4.74 Å². The van der Waals surface area contributed by atoms with Gasteiger partial charge in [0.05, 0.1) is 22.8 Å². The molecule has 2 heterocycles. The molecule has 0 N–H and O–H groups in total. The van der Waals surface area contributed by atoms with Crippen LogP contribution in [0.4, 0.5) is 25.3 Å². The largest absolute Gasteiger partial charge is 0.378 e. The summed E-state index contributed by atoms with van der Waals surface area (Å²) in [5, 5.41) is 12.1. The minimum absolute atomic E-state index is 0.0225. The van der Waals surface area contributed by atoms with E-state index < -0.39 is 22.5 Å². The fraction of sp³-hybridized carbons (Fsp3) is 0.417. The Morgan fingerprint density at radius 2 is 1.89 bits per heavy atom. The topological polar surface area (TPSA) is 92.0 Å². The Morgan fingerprint density at radius 3 is 2.56 bits per heavy atom. The number of hydrogen-bond acceptors (Lipinski definition) is 8. The molecule has 1 aliphatic rings. The van der Waals surface area contributed by atoms with Gasteiger partial charge in [0, 0.05) is 43.9 Å². The molecule has 1 fully saturated rings. The van der Waals surface area contributed by atoms with Crippen LogP contribution in [0.25, 0.3) is 10.2 Å². The highest BCUT2D eigenvalue weighted by Crippen LogP contribution is 2.34. The van der Waals surface area contributed by atoms with Crippen LogP contribution < -0.4 is 9.80 Å². The number of nitrogens with zero attached hydrogens (tertiary/aromatic N) is 5. The molecule has 3 aromatic rings. The van der Waals surface area contributed by atoms with Gasteiger partial charge >= 0.3 is 0 Å². The number of hydrogen-bond donors (Lipinski definition) is 0. The van der Waals surface area contributed by atoms with Crippen molar-refractivity contribution in [2.75, 3.05) is 62.3 Å². The van der Waals surface area contributed by atoms with E-state index >= 15 is 0 Å². The van der Waals surface area contributed by atoms with Crippen molar-refractivity contribution in [3.63, 3.8) is 0 Å². The smallest absolute Gasteiger partial charge is 0.293 e. The first-order valence-electron chi connectivity index (χ1n) is 11.7. The summed E-state index contributed by atoms with van der Waals surface area (Å²) in [5.41, 5.74) is 0.339.